The molecule has 0 radical (unpaired) electrons. The van der Waals surface area contributed by atoms with Gasteiger partial charge in [-0.3, -0.25) is 0 Å². The zero-order chi connectivity index (χ0) is 14.8. The molecule has 1 aromatic heterocycles. The van der Waals surface area contributed by atoms with Crippen LogP contribution in [0, 0.1) is 11.3 Å². The fourth-order valence-electron chi connectivity index (χ4n) is 1.71. The number of hydrogen-bond donors (Lipinski definition) is 0. The SMILES string of the molecule is CN(Cc1nccn1C)S(=O)(=O)c1ccc(C#N)cc1. The molecule has 0 bridgehead atoms. The number of imidazole rings is 1. The summed E-state index contributed by atoms with van der Waals surface area (Å²) in [4.78, 5) is 4.26. The third kappa shape index (κ3) is 2.71. The fraction of sp³-hybridized carbons (Fsp3) is 0.231. The first-order chi connectivity index (χ1) is 9.45. The summed E-state index contributed by atoms with van der Waals surface area (Å²) in [6.45, 7) is 0.186. The standard InChI is InChI=1S/C13H14N4O2S/c1-16-8-7-15-13(16)10-17(2)20(18,19)12-5-3-11(9-14)4-6-12/h3-8H,10H2,1-2H3. The van der Waals surface area contributed by atoms with E-state index in [1.165, 1.54) is 35.6 Å². The van der Waals surface area contributed by atoms with E-state index < -0.39 is 10.0 Å². The molecule has 0 unspecified atom stereocenters. The van der Waals surface area contributed by atoms with E-state index >= 15 is 0 Å². The van der Waals surface area contributed by atoms with E-state index in [0.717, 1.165) is 0 Å². The fourth-order valence-corrected chi connectivity index (χ4v) is 2.84. The van der Waals surface area contributed by atoms with Gasteiger partial charge in [-0.05, 0) is 24.3 Å². The minimum Gasteiger partial charge on any atom is -0.337 e. The van der Waals surface area contributed by atoms with Crippen LogP contribution in [0.3, 0.4) is 0 Å². The van der Waals surface area contributed by atoms with Crippen LogP contribution >= 0.6 is 0 Å². The van der Waals surface area contributed by atoms with Gasteiger partial charge in [-0.2, -0.15) is 9.57 Å². The number of aryl methyl sites for hydroxylation is 1. The third-order valence-electron chi connectivity index (χ3n) is 2.98. The molecule has 0 aliphatic heterocycles. The van der Waals surface area contributed by atoms with Gasteiger partial charge in [-0.25, -0.2) is 13.4 Å². The maximum Gasteiger partial charge on any atom is 0.243 e. The largest absolute Gasteiger partial charge is 0.337 e. The zero-order valence-electron chi connectivity index (χ0n) is 11.2. The number of hydrogen-bond acceptors (Lipinski definition) is 4. The van der Waals surface area contributed by atoms with Gasteiger partial charge in [0, 0.05) is 26.5 Å². The van der Waals surface area contributed by atoms with Gasteiger partial charge >= 0.3 is 0 Å². The normalized spacial score (nSPS) is 11.5. The van der Waals surface area contributed by atoms with Crippen molar-refractivity contribution in [1.82, 2.24) is 13.9 Å². The summed E-state index contributed by atoms with van der Waals surface area (Å²) in [5.74, 6) is 0.657. The third-order valence-corrected chi connectivity index (χ3v) is 4.79. The number of aromatic nitrogens is 2. The monoisotopic (exact) mass is 290 g/mol. The van der Waals surface area contributed by atoms with E-state index in [9.17, 15) is 8.42 Å². The van der Waals surface area contributed by atoms with Crippen LogP contribution in [-0.4, -0.2) is 29.3 Å². The van der Waals surface area contributed by atoms with E-state index in [1.807, 2.05) is 13.1 Å². The molecule has 6 nitrogen and oxygen atoms in total. The highest BCUT2D eigenvalue weighted by molar-refractivity contribution is 7.89. The first-order valence-electron chi connectivity index (χ1n) is 5.88. The van der Waals surface area contributed by atoms with Crippen LogP contribution in [0.2, 0.25) is 0 Å². The Kier molecular flexibility index (Phi) is 3.88. The van der Waals surface area contributed by atoms with Crippen LogP contribution in [-0.2, 0) is 23.6 Å². The molecule has 2 aromatic rings. The van der Waals surface area contributed by atoms with Crippen LogP contribution < -0.4 is 0 Å². The Bertz CT molecular complexity index is 741. The highest BCUT2D eigenvalue weighted by Crippen LogP contribution is 2.16. The summed E-state index contributed by atoms with van der Waals surface area (Å²) >= 11 is 0. The molecule has 20 heavy (non-hydrogen) atoms. The van der Waals surface area contributed by atoms with Crippen LogP contribution in [0.5, 0.6) is 0 Å². The molecule has 0 N–H and O–H groups in total. The van der Waals surface area contributed by atoms with E-state index in [-0.39, 0.29) is 11.4 Å². The molecule has 0 aliphatic carbocycles. The molecule has 0 fully saturated rings. The van der Waals surface area contributed by atoms with Crippen molar-refractivity contribution in [2.45, 2.75) is 11.4 Å². The highest BCUT2D eigenvalue weighted by Gasteiger charge is 2.21. The van der Waals surface area contributed by atoms with Gasteiger partial charge in [0.15, 0.2) is 0 Å². The first-order valence-corrected chi connectivity index (χ1v) is 7.32. The van der Waals surface area contributed by atoms with Crippen LogP contribution in [0.4, 0.5) is 0 Å². The summed E-state index contributed by atoms with van der Waals surface area (Å²) in [5, 5.41) is 8.72. The molecule has 0 aliphatic rings. The number of benzene rings is 1. The lowest BCUT2D eigenvalue weighted by Gasteiger charge is -2.16. The number of nitriles is 1. The second-order valence-corrected chi connectivity index (χ2v) is 6.40. The number of nitrogens with zero attached hydrogens (tertiary/aromatic N) is 4. The van der Waals surface area contributed by atoms with E-state index in [4.69, 9.17) is 5.26 Å². The maximum atomic E-state index is 12.4. The second kappa shape index (κ2) is 5.45. The molecule has 7 heteroatoms. The molecule has 104 valence electrons. The Labute approximate surface area is 118 Å². The number of rotatable bonds is 4. The lowest BCUT2D eigenvalue weighted by molar-refractivity contribution is 0.451. The van der Waals surface area contributed by atoms with Crippen LogP contribution in [0.15, 0.2) is 41.6 Å². The molecule has 0 spiro atoms. The molecule has 1 aromatic carbocycles. The first kappa shape index (κ1) is 14.2. The van der Waals surface area contributed by atoms with Gasteiger partial charge in [0.2, 0.25) is 10.0 Å². The van der Waals surface area contributed by atoms with E-state index in [2.05, 4.69) is 4.98 Å². The van der Waals surface area contributed by atoms with Crippen molar-refractivity contribution in [3.63, 3.8) is 0 Å². The van der Waals surface area contributed by atoms with Gasteiger partial charge in [-0.15, -0.1) is 0 Å². The van der Waals surface area contributed by atoms with Crippen molar-refractivity contribution < 1.29 is 8.42 Å². The molecule has 0 amide bonds. The topological polar surface area (TPSA) is 79.0 Å². The average Bonchev–Trinajstić information content (AvgIpc) is 2.84. The Balaban J connectivity index is 2.25. The lowest BCUT2D eigenvalue weighted by atomic mass is 10.2. The maximum absolute atomic E-state index is 12.4. The van der Waals surface area contributed by atoms with E-state index in [1.54, 1.807) is 17.0 Å². The van der Waals surface area contributed by atoms with Gasteiger partial charge in [-0.1, -0.05) is 0 Å². The predicted molar refractivity (Wildman–Crippen MR) is 73.0 cm³/mol. The van der Waals surface area contributed by atoms with Crippen molar-refractivity contribution in [2.24, 2.45) is 7.05 Å². The van der Waals surface area contributed by atoms with E-state index in [0.29, 0.717) is 11.4 Å². The smallest absolute Gasteiger partial charge is 0.243 e. The Morgan fingerprint density at radius 3 is 2.50 bits per heavy atom. The lowest BCUT2D eigenvalue weighted by Crippen LogP contribution is -2.27. The van der Waals surface area contributed by atoms with Gasteiger partial charge < -0.3 is 4.57 Å². The molecule has 0 atom stereocenters. The molecule has 2 rings (SSSR count). The summed E-state index contributed by atoms with van der Waals surface area (Å²) in [5.41, 5.74) is 0.427. The quantitative estimate of drug-likeness (QED) is 0.845. The van der Waals surface area contributed by atoms with Gasteiger partial charge in [0.25, 0.3) is 0 Å². The molecular weight excluding hydrogens is 276 g/mol. The summed E-state index contributed by atoms with van der Waals surface area (Å²) in [6.07, 6.45) is 3.38. The summed E-state index contributed by atoms with van der Waals surface area (Å²) in [7, 11) is -0.274. The van der Waals surface area contributed by atoms with Crippen molar-refractivity contribution in [1.29, 1.82) is 5.26 Å². The average molecular weight is 290 g/mol. The minimum absolute atomic E-state index is 0.160. The predicted octanol–water partition coefficient (Wildman–Crippen LogP) is 1.11. The molecule has 1 heterocycles. The van der Waals surface area contributed by atoms with Crippen molar-refractivity contribution >= 4 is 10.0 Å². The molecular formula is C13H14N4O2S. The molecule has 0 saturated heterocycles. The Morgan fingerprint density at radius 1 is 1.35 bits per heavy atom. The van der Waals surface area contributed by atoms with Gasteiger partial charge in [0.05, 0.1) is 23.1 Å². The summed E-state index contributed by atoms with van der Waals surface area (Å²) < 4.78 is 27.8. The summed E-state index contributed by atoms with van der Waals surface area (Å²) in [6, 6.07) is 7.80. The van der Waals surface area contributed by atoms with Crippen LogP contribution in [0.1, 0.15) is 11.4 Å². The van der Waals surface area contributed by atoms with Crippen molar-refractivity contribution in [3.8, 4) is 6.07 Å². The zero-order valence-corrected chi connectivity index (χ0v) is 12.0. The number of sulfonamides is 1. The highest BCUT2D eigenvalue weighted by atomic mass is 32.2. The van der Waals surface area contributed by atoms with Crippen molar-refractivity contribution in [3.05, 3.63) is 48.0 Å². The Hall–Kier alpha value is -2.17. The molecule has 0 saturated carbocycles. The second-order valence-electron chi connectivity index (χ2n) is 4.35. The van der Waals surface area contributed by atoms with Crippen LogP contribution in [0.25, 0.3) is 0 Å². The Morgan fingerprint density at radius 2 is 2.00 bits per heavy atom. The van der Waals surface area contributed by atoms with Crippen molar-refractivity contribution in [2.75, 3.05) is 7.05 Å². The van der Waals surface area contributed by atoms with Gasteiger partial charge in [0.1, 0.15) is 5.82 Å². The minimum atomic E-state index is -3.59.